The molecule has 4 heteroatoms. The third-order valence-corrected chi connectivity index (χ3v) is 3.27. The molecule has 2 nitrogen and oxygen atoms in total. The monoisotopic (exact) mass is 285 g/mol. The van der Waals surface area contributed by atoms with E-state index in [1.807, 2.05) is 33.8 Å². The smallest absolute Gasteiger partial charge is 0.300 e. The summed E-state index contributed by atoms with van der Waals surface area (Å²) in [6, 6.07) is 6.63. The van der Waals surface area contributed by atoms with Crippen LogP contribution in [0.3, 0.4) is 0 Å². The maximum atomic E-state index is 14.3. The Morgan fingerprint density at radius 2 is 2.00 bits per heavy atom. The van der Waals surface area contributed by atoms with Gasteiger partial charge in [-0.3, -0.25) is 0 Å². The van der Waals surface area contributed by atoms with E-state index >= 15 is 0 Å². The lowest BCUT2D eigenvalue weighted by molar-refractivity contribution is -0.151. The molecular formula is C16H25F2NO. The Labute approximate surface area is 120 Å². The summed E-state index contributed by atoms with van der Waals surface area (Å²) < 4.78 is 33.8. The molecule has 1 atom stereocenters. The van der Waals surface area contributed by atoms with E-state index in [0.717, 1.165) is 5.56 Å². The molecule has 0 bridgehead atoms. The van der Waals surface area contributed by atoms with Crippen LogP contribution in [0.5, 0.6) is 0 Å². The number of morpholine rings is 1. The first-order valence-corrected chi connectivity index (χ1v) is 7.32. The first-order chi connectivity index (χ1) is 9.51. The second-order valence-corrected chi connectivity index (χ2v) is 4.97. The number of benzene rings is 1. The molecule has 0 amide bonds. The standard InChI is InChI=1S/C14H19F2NO.C2H6/c1-10(2)11-4-3-5-12(8-11)14(15,16)13-9-17-6-7-18-13;1-2/h3-5,8,10,13,17H,6-7,9H2,1-2H3;1-2H3. The molecule has 20 heavy (non-hydrogen) atoms. The van der Waals surface area contributed by atoms with Crippen LogP contribution in [0.4, 0.5) is 8.78 Å². The zero-order valence-electron chi connectivity index (χ0n) is 12.7. The number of hydrogen-bond acceptors (Lipinski definition) is 2. The Morgan fingerprint density at radius 1 is 1.30 bits per heavy atom. The molecule has 1 saturated heterocycles. The van der Waals surface area contributed by atoms with Crippen LogP contribution in [0.15, 0.2) is 24.3 Å². The van der Waals surface area contributed by atoms with Crippen LogP contribution in [-0.2, 0) is 10.7 Å². The summed E-state index contributed by atoms with van der Waals surface area (Å²) in [6.07, 6.45) is -1.08. The van der Waals surface area contributed by atoms with Gasteiger partial charge in [0.15, 0.2) is 0 Å². The van der Waals surface area contributed by atoms with Crippen molar-refractivity contribution >= 4 is 0 Å². The normalized spacial score (nSPS) is 19.4. The van der Waals surface area contributed by atoms with Crippen LogP contribution in [0.25, 0.3) is 0 Å². The number of hydrogen-bond donors (Lipinski definition) is 1. The van der Waals surface area contributed by atoms with E-state index in [4.69, 9.17) is 4.74 Å². The summed E-state index contributed by atoms with van der Waals surface area (Å²) in [4.78, 5) is 0. The second-order valence-electron chi connectivity index (χ2n) is 4.97. The van der Waals surface area contributed by atoms with Gasteiger partial charge in [0.05, 0.1) is 6.61 Å². The molecule has 1 aromatic rings. The Bertz CT molecular complexity index is 401. The van der Waals surface area contributed by atoms with Crippen molar-refractivity contribution in [2.45, 2.75) is 45.6 Å². The minimum absolute atomic E-state index is 0.0439. The first-order valence-electron chi connectivity index (χ1n) is 7.32. The van der Waals surface area contributed by atoms with E-state index in [2.05, 4.69) is 5.32 Å². The van der Waals surface area contributed by atoms with Crippen molar-refractivity contribution in [2.75, 3.05) is 19.7 Å². The van der Waals surface area contributed by atoms with Crippen molar-refractivity contribution in [3.63, 3.8) is 0 Å². The fourth-order valence-corrected chi connectivity index (χ4v) is 2.09. The van der Waals surface area contributed by atoms with E-state index in [0.29, 0.717) is 13.2 Å². The Morgan fingerprint density at radius 3 is 2.55 bits per heavy atom. The van der Waals surface area contributed by atoms with Gasteiger partial charge in [-0.25, -0.2) is 0 Å². The van der Waals surface area contributed by atoms with Crippen LogP contribution in [0.1, 0.15) is 44.7 Å². The molecule has 0 saturated carbocycles. The molecule has 1 unspecified atom stereocenters. The summed E-state index contributed by atoms with van der Waals surface area (Å²) >= 11 is 0. The third kappa shape index (κ3) is 4.00. The molecule has 1 aliphatic rings. The van der Waals surface area contributed by atoms with Gasteiger partial charge in [0.2, 0.25) is 0 Å². The topological polar surface area (TPSA) is 21.3 Å². The molecule has 1 aliphatic heterocycles. The molecular weight excluding hydrogens is 260 g/mol. The average Bonchev–Trinajstić information content (AvgIpc) is 2.50. The van der Waals surface area contributed by atoms with E-state index in [9.17, 15) is 8.78 Å². The van der Waals surface area contributed by atoms with Crippen LogP contribution in [-0.4, -0.2) is 25.8 Å². The number of alkyl halides is 2. The van der Waals surface area contributed by atoms with E-state index < -0.39 is 12.0 Å². The van der Waals surface area contributed by atoms with Crippen molar-refractivity contribution in [3.05, 3.63) is 35.4 Å². The molecule has 0 spiro atoms. The van der Waals surface area contributed by atoms with Gasteiger partial charge in [-0.2, -0.15) is 8.78 Å². The highest BCUT2D eigenvalue weighted by molar-refractivity contribution is 5.29. The van der Waals surface area contributed by atoms with Crippen LogP contribution in [0, 0.1) is 0 Å². The highest BCUT2D eigenvalue weighted by Crippen LogP contribution is 2.35. The van der Waals surface area contributed by atoms with E-state index in [1.165, 1.54) is 6.07 Å². The molecule has 1 N–H and O–H groups in total. The molecule has 1 heterocycles. The van der Waals surface area contributed by atoms with Crippen LogP contribution >= 0.6 is 0 Å². The summed E-state index contributed by atoms with van der Waals surface area (Å²) in [7, 11) is 0. The quantitative estimate of drug-likeness (QED) is 0.909. The predicted molar refractivity (Wildman–Crippen MR) is 78.4 cm³/mol. The third-order valence-electron chi connectivity index (χ3n) is 3.27. The fourth-order valence-electron chi connectivity index (χ4n) is 2.09. The molecule has 1 aromatic carbocycles. The minimum Gasteiger partial charge on any atom is -0.369 e. The number of rotatable bonds is 3. The zero-order chi connectivity index (χ0) is 15.2. The molecule has 2 rings (SSSR count). The lowest BCUT2D eigenvalue weighted by atomic mass is 9.96. The number of nitrogens with one attached hydrogen (secondary N) is 1. The highest BCUT2D eigenvalue weighted by Gasteiger charge is 2.43. The van der Waals surface area contributed by atoms with E-state index in [1.54, 1.807) is 12.1 Å². The molecule has 0 radical (unpaired) electrons. The van der Waals surface area contributed by atoms with Crippen molar-refractivity contribution in [2.24, 2.45) is 0 Å². The average molecular weight is 285 g/mol. The highest BCUT2D eigenvalue weighted by atomic mass is 19.3. The lowest BCUT2D eigenvalue weighted by Gasteiger charge is -2.31. The van der Waals surface area contributed by atoms with Crippen molar-refractivity contribution in [1.29, 1.82) is 0 Å². The summed E-state index contributed by atoms with van der Waals surface area (Å²) in [5.41, 5.74) is 0.971. The number of ether oxygens (including phenoxy) is 1. The summed E-state index contributed by atoms with van der Waals surface area (Å²) in [5, 5.41) is 2.94. The summed E-state index contributed by atoms with van der Waals surface area (Å²) in [6.45, 7) is 9.16. The largest absolute Gasteiger partial charge is 0.369 e. The molecule has 114 valence electrons. The van der Waals surface area contributed by atoms with Gasteiger partial charge in [0.25, 0.3) is 5.92 Å². The minimum atomic E-state index is -2.95. The SMILES string of the molecule is CC.CC(C)c1cccc(C(F)(F)C2CNCCO2)c1. The zero-order valence-corrected chi connectivity index (χ0v) is 12.7. The molecule has 0 aromatic heterocycles. The fraction of sp³-hybridized carbons (Fsp3) is 0.625. The maximum Gasteiger partial charge on any atom is 0.300 e. The lowest BCUT2D eigenvalue weighted by Crippen LogP contribution is -2.47. The van der Waals surface area contributed by atoms with Crippen LogP contribution in [0.2, 0.25) is 0 Å². The predicted octanol–water partition coefficient (Wildman–Crippen LogP) is 3.92. The van der Waals surface area contributed by atoms with Crippen molar-refractivity contribution < 1.29 is 13.5 Å². The first kappa shape index (κ1) is 17.1. The number of halogens is 2. The van der Waals surface area contributed by atoms with E-state index in [-0.39, 0.29) is 18.0 Å². The van der Waals surface area contributed by atoms with Crippen molar-refractivity contribution in [1.82, 2.24) is 5.32 Å². The van der Waals surface area contributed by atoms with Gasteiger partial charge in [-0.05, 0) is 17.5 Å². The maximum absolute atomic E-state index is 14.3. The van der Waals surface area contributed by atoms with Gasteiger partial charge >= 0.3 is 0 Å². The van der Waals surface area contributed by atoms with Gasteiger partial charge in [-0.15, -0.1) is 0 Å². The van der Waals surface area contributed by atoms with Gasteiger partial charge in [0.1, 0.15) is 6.10 Å². The second kappa shape index (κ2) is 7.70. The van der Waals surface area contributed by atoms with Gasteiger partial charge in [-0.1, -0.05) is 45.9 Å². The van der Waals surface area contributed by atoms with Crippen LogP contribution < -0.4 is 5.32 Å². The Hall–Kier alpha value is -1.00. The Balaban J connectivity index is 0.000000956. The Kier molecular flexibility index (Phi) is 6.56. The molecule has 1 fully saturated rings. The molecule has 0 aliphatic carbocycles. The van der Waals surface area contributed by atoms with Crippen molar-refractivity contribution in [3.8, 4) is 0 Å². The van der Waals surface area contributed by atoms with Gasteiger partial charge < -0.3 is 10.1 Å². The van der Waals surface area contributed by atoms with Gasteiger partial charge in [0, 0.05) is 18.7 Å². The summed E-state index contributed by atoms with van der Waals surface area (Å²) in [5.74, 6) is -2.70.